The standard InChI is InChI=1S/C8H18O3/c1-4-6-7(9)11-8(5-2)10-3/h7-9H,4-6H2,1-3H3. The Morgan fingerprint density at radius 2 is 2.00 bits per heavy atom. The normalized spacial score (nSPS) is 16.4. The molecule has 0 aliphatic rings. The van der Waals surface area contributed by atoms with Crippen molar-refractivity contribution in [1.29, 1.82) is 0 Å². The molecule has 0 aliphatic heterocycles. The lowest BCUT2D eigenvalue weighted by atomic mass is 10.3. The smallest absolute Gasteiger partial charge is 0.160 e. The molecule has 3 nitrogen and oxygen atoms in total. The number of aliphatic hydroxyl groups excluding tert-OH is 1. The highest BCUT2D eigenvalue weighted by molar-refractivity contribution is 4.43. The average Bonchev–Trinajstić information content (AvgIpc) is 2.01. The van der Waals surface area contributed by atoms with Gasteiger partial charge in [0, 0.05) is 7.11 Å². The molecule has 2 unspecified atom stereocenters. The maximum atomic E-state index is 9.18. The first-order valence-corrected chi connectivity index (χ1v) is 4.10. The highest BCUT2D eigenvalue weighted by atomic mass is 16.7. The molecule has 0 aromatic rings. The molecule has 0 aromatic carbocycles. The SMILES string of the molecule is CCCC(O)OC(CC)OC. The number of rotatable bonds is 6. The third-order valence-corrected chi connectivity index (χ3v) is 1.44. The lowest BCUT2D eigenvalue weighted by Crippen LogP contribution is -2.22. The van der Waals surface area contributed by atoms with Crippen molar-refractivity contribution in [3.05, 3.63) is 0 Å². The fourth-order valence-electron chi connectivity index (χ4n) is 0.809. The van der Waals surface area contributed by atoms with Crippen LogP contribution in [0.5, 0.6) is 0 Å². The molecular formula is C8H18O3. The molecule has 0 fully saturated rings. The second kappa shape index (κ2) is 6.58. The van der Waals surface area contributed by atoms with Crippen LogP contribution in [0.15, 0.2) is 0 Å². The maximum Gasteiger partial charge on any atom is 0.160 e. The van der Waals surface area contributed by atoms with Crippen LogP contribution >= 0.6 is 0 Å². The van der Waals surface area contributed by atoms with E-state index in [9.17, 15) is 5.11 Å². The Balaban J connectivity index is 3.44. The van der Waals surface area contributed by atoms with Gasteiger partial charge in [0.05, 0.1) is 0 Å². The molecule has 0 amide bonds. The summed E-state index contributed by atoms with van der Waals surface area (Å²) in [6, 6.07) is 0. The maximum absolute atomic E-state index is 9.18. The van der Waals surface area contributed by atoms with Crippen LogP contribution in [0.3, 0.4) is 0 Å². The molecule has 0 aromatic heterocycles. The molecule has 0 rings (SSSR count). The summed E-state index contributed by atoms with van der Waals surface area (Å²) in [4.78, 5) is 0. The van der Waals surface area contributed by atoms with Crippen molar-refractivity contribution < 1.29 is 14.6 Å². The predicted molar refractivity (Wildman–Crippen MR) is 43.1 cm³/mol. The number of ether oxygens (including phenoxy) is 2. The zero-order valence-electron chi connectivity index (χ0n) is 7.54. The van der Waals surface area contributed by atoms with Gasteiger partial charge in [0.15, 0.2) is 12.6 Å². The van der Waals surface area contributed by atoms with Crippen LogP contribution in [-0.4, -0.2) is 24.8 Å². The Morgan fingerprint density at radius 1 is 1.36 bits per heavy atom. The van der Waals surface area contributed by atoms with Gasteiger partial charge in [0.25, 0.3) is 0 Å². The van der Waals surface area contributed by atoms with Crippen LogP contribution < -0.4 is 0 Å². The summed E-state index contributed by atoms with van der Waals surface area (Å²) >= 11 is 0. The third kappa shape index (κ3) is 5.18. The summed E-state index contributed by atoms with van der Waals surface area (Å²) in [6.45, 7) is 3.95. The number of hydrogen-bond donors (Lipinski definition) is 1. The quantitative estimate of drug-likeness (QED) is 0.601. The summed E-state index contributed by atoms with van der Waals surface area (Å²) in [5.74, 6) is 0. The molecule has 0 saturated heterocycles. The molecule has 0 bridgehead atoms. The van der Waals surface area contributed by atoms with Crippen molar-refractivity contribution in [2.45, 2.75) is 45.7 Å². The van der Waals surface area contributed by atoms with Gasteiger partial charge in [-0.2, -0.15) is 0 Å². The van der Waals surface area contributed by atoms with Crippen molar-refractivity contribution >= 4 is 0 Å². The van der Waals surface area contributed by atoms with Crippen LogP contribution in [0.25, 0.3) is 0 Å². The average molecular weight is 162 g/mol. The van der Waals surface area contributed by atoms with Gasteiger partial charge in [0.2, 0.25) is 0 Å². The molecule has 0 spiro atoms. The van der Waals surface area contributed by atoms with Crippen molar-refractivity contribution in [3.63, 3.8) is 0 Å². The minimum atomic E-state index is -0.676. The van der Waals surface area contributed by atoms with E-state index in [2.05, 4.69) is 0 Å². The Bertz CT molecular complexity index is 81.4. The highest BCUT2D eigenvalue weighted by Gasteiger charge is 2.09. The van der Waals surface area contributed by atoms with Gasteiger partial charge in [-0.25, -0.2) is 0 Å². The highest BCUT2D eigenvalue weighted by Crippen LogP contribution is 2.05. The molecule has 1 N–H and O–H groups in total. The first kappa shape index (κ1) is 10.9. The molecule has 0 heterocycles. The van der Waals surface area contributed by atoms with Gasteiger partial charge < -0.3 is 14.6 Å². The van der Waals surface area contributed by atoms with Gasteiger partial charge in [0.1, 0.15) is 0 Å². The molecule has 2 atom stereocenters. The largest absolute Gasteiger partial charge is 0.368 e. The summed E-state index contributed by atoms with van der Waals surface area (Å²) in [6.07, 6.45) is 1.40. The van der Waals surface area contributed by atoms with Gasteiger partial charge in [-0.15, -0.1) is 0 Å². The minimum Gasteiger partial charge on any atom is -0.368 e. The van der Waals surface area contributed by atoms with Crippen molar-refractivity contribution in [2.75, 3.05) is 7.11 Å². The fraction of sp³-hybridized carbons (Fsp3) is 1.00. The lowest BCUT2D eigenvalue weighted by Gasteiger charge is -2.18. The van der Waals surface area contributed by atoms with Crippen LogP contribution in [0.4, 0.5) is 0 Å². The van der Waals surface area contributed by atoms with Gasteiger partial charge in [-0.05, 0) is 12.8 Å². The van der Waals surface area contributed by atoms with E-state index in [1.807, 2.05) is 13.8 Å². The van der Waals surface area contributed by atoms with Crippen LogP contribution in [-0.2, 0) is 9.47 Å². The Morgan fingerprint density at radius 3 is 2.36 bits per heavy atom. The second-order valence-electron chi connectivity index (χ2n) is 2.45. The minimum absolute atomic E-state index is 0.267. The summed E-state index contributed by atoms with van der Waals surface area (Å²) in [5.41, 5.74) is 0. The molecular weight excluding hydrogens is 144 g/mol. The van der Waals surface area contributed by atoms with Crippen molar-refractivity contribution in [3.8, 4) is 0 Å². The summed E-state index contributed by atoms with van der Waals surface area (Å²) < 4.78 is 10.1. The van der Waals surface area contributed by atoms with Gasteiger partial charge in [-0.1, -0.05) is 20.3 Å². The molecule has 0 aliphatic carbocycles. The molecule has 0 radical (unpaired) electrons. The Kier molecular flexibility index (Phi) is 6.51. The van der Waals surface area contributed by atoms with E-state index in [-0.39, 0.29) is 6.29 Å². The number of methoxy groups -OCH3 is 1. The second-order valence-corrected chi connectivity index (χ2v) is 2.45. The van der Waals surface area contributed by atoms with E-state index in [1.54, 1.807) is 7.11 Å². The van der Waals surface area contributed by atoms with E-state index in [4.69, 9.17) is 9.47 Å². The predicted octanol–water partition coefficient (Wildman–Crippen LogP) is 1.50. The fourth-order valence-corrected chi connectivity index (χ4v) is 0.809. The van der Waals surface area contributed by atoms with Crippen molar-refractivity contribution in [1.82, 2.24) is 0 Å². The van der Waals surface area contributed by atoms with E-state index >= 15 is 0 Å². The van der Waals surface area contributed by atoms with Crippen LogP contribution in [0.2, 0.25) is 0 Å². The number of hydrogen-bond acceptors (Lipinski definition) is 3. The third-order valence-electron chi connectivity index (χ3n) is 1.44. The summed E-state index contributed by atoms with van der Waals surface area (Å²) in [7, 11) is 1.58. The molecule has 11 heavy (non-hydrogen) atoms. The van der Waals surface area contributed by atoms with E-state index in [0.717, 1.165) is 12.8 Å². The number of aliphatic hydroxyl groups is 1. The van der Waals surface area contributed by atoms with Crippen LogP contribution in [0, 0.1) is 0 Å². The molecule has 68 valence electrons. The van der Waals surface area contributed by atoms with E-state index in [1.165, 1.54) is 0 Å². The first-order chi connectivity index (χ1) is 5.24. The summed E-state index contributed by atoms with van der Waals surface area (Å²) in [5, 5.41) is 9.18. The van der Waals surface area contributed by atoms with Crippen molar-refractivity contribution in [2.24, 2.45) is 0 Å². The van der Waals surface area contributed by atoms with E-state index in [0.29, 0.717) is 6.42 Å². The topological polar surface area (TPSA) is 38.7 Å². The lowest BCUT2D eigenvalue weighted by molar-refractivity contribution is -0.221. The monoisotopic (exact) mass is 162 g/mol. The first-order valence-electron chi connectivity index (χ1n) is 4.10. The van der Waals surface area contributed by atoms with Crippen LogP contribution in [0.1, 0.15) is 33.1 Å². The Labute approximate surface area is 68.3 Å². The zero-order chi connectivity index (χ0) is 8.69. The van der Waals surface area contributed by atoms with Gasteiger partial charge >= 0.3 is 0 Å². The molecule has 3 heteroatoms. The van der Waals surface area contributed by atoms with E-state index < -0.39 is 6.29 Å². The molecule has 0 saturated carbocycles. The van der Waals surface area contributed by atoms with Gasteiger partial charge in [-0.3, -0.25) is 0 Å². The Hall–Kier alpha value is -0.120. The zero-order valence-corrected chi connectivity index (χ0v) is 7.54.